The summed E-state index contributed by atoms with van der Waals surface area (Å²) in [5.74, 6) is 0.0352. The molecular formula is C23H20FN5O. The largest absolute Gasteiger partial charge is 0.486 e. The molecule has 150 valence electrons. The van der Waals surface area contributed by atoms with Gasteiger partial charge in [0.25, 0.3) is 0 Å². The summed E-state index contributed by atoms with van der Waals surface area (Å²) in [7, 11) is 1.83. The Morgan fingerprint density at radius 3 is 2.83 bits per heavy atom. The molecule has 1 N–H and O–H groups in total. The van der Waals surface area contributed by atoms with Gasteiger partial charge in [-0.05, 0) is 37.6 Å². The maximum Gasteiger partial charge on any atom is 0.152 e. The zero-order chi connectivity index (χ0) is 20.8. The summed E-state index contributed by atoms with van der Waals surface area (Å²) in [6.45, 7) is 4.01. The van der Waals surface area contributed by atoms with Crippen LogP contribution < -0.4 is 4.74 Å². The quantitative estimate of drug-likeness (QED) is 0.455. The molecule has 1 atom stereocenters. The maximum absolute atomic E-state index is 14.8. The minimum atomic E-state index is -0.409. The average molecular weight is 401 g/mol. The van der Waals surface area contributed by atoms with E-state index >= 15 is 0 Å². The van der Waals surface area contributed by atoms with Gasteiger partial charge in [-0.2, -0.15) is 10.2 Å². The van der Waals surface area contributed by atoms with Crippen molar-refractivity contribution in [1.82, 2.24) is 25.0 Å². The Labute approximate surface area is 172 Å². The molecule has 0 spiro atoms. The van der Waals surface area contributed by atoms with E-state index in [0.717, 1.165) is 27.6 Å². The molecule has 0 saturated carbocycles. The molecule has 0 aliphatic rings. The zero-order valence-corrected chi connectivity index (χ0v) is 16.8. The van der Waals surface area contributed by atoms with E-state index in [1.54, 1.807) is 17.1 Å². The van der Waals surface area contributed by atoms with Gasteiger partial charge in [-0.25, -0.2) is 4.39 Å². The lowest BCUT2D eigenvalue weighted by Gasteiger charge is -2.19. The predicted octanol–water partition coefficient (Wildman–Crippen LogP) is 5.10. The zero-order valence-electron chi connectivity index (χ0n) is 16.8. The number of rotatable bonds is 4. The molecule has 30 heavy (non-hydrogen) atoms. The van der Waals surface area contributed by atoms with Gasteiger partial charge in [-0.1, -0.05) is 12.1 Å². The molecule has 3 heterocycles. The van der Waals surface area contributed by atoms with Gasteiger partial charge in [-0.3, -0.25) is 14.8 Å². The minimum absolute atomic E-state index is 0.288. The second kappa shape index (κ2) is 6.95. The van der Waals surface area contributed by atoms with Gasteiger partial charge in [0.1, 0.15) is 23.1 Å². The van der Waals surface area contributed by atoms with Crippen LogP contribution in [0.1, 0.15) is 24.2 Å². The molecule has 6 nitrogen and oxygen atoms in total. The Kier molecular flexibility index (Phi) is 4.24. The summed E-state index contributed by atoms with van der Waals surface area (Å²) in [5.41, 5.74) is 4.85. The first-order valence-electron chi connectivity index (χ1n) is 9.69. The highest BCUT2D eigenvalue weighted by Gasteiger charge is 2.18. The van der Waals surface area contributed by atoms with E-state index in [1.165, 1.54) is 6.07 Å². The van der Waals surface area contributed by atoms with E-state index in [4.69, 9.17) is 4.74 Å². The Morgan fingerprint density at radius 1 is 1.17 bits per heavy atom. The number of nitrogens with one attached hydrogen (secondary N) is 1. The molecule has 5 rings (SSSR count). The van der Waals surface area contributed by atoms with Gasteiger partial charge in [0, 0.05) is 47.4 Å². The van der Waals surface area contributed by atoms with E-state index in [2.05, 4.69) is 20.3 Å². The molecular weight excluding hydrogens is 381 g/mol. The molecule has 0 aliphatic heterocycles. The predicted molar refractivity (Wildman–Crippen MR) is 114 cm³/mol. The Hall–Kier alpha value is -3.74. The first-order chi connectivity index (χ1) is 14.5. The number of aromatic nitrogens is 5. The first kappa shape index (κ1) is 18.3. The first-order valence-corrected chi connectivity index (χ1v) is 9.69. The number of fused-ring (bicyclic) bond motifs is 2. The number of hydrogen-bond donors (Lipinski definition) is 1. The highest BCUT2D eigenvalue weighted by Crippen LogP contribution is 2.34. The third-order valence-electron chi connectivity index (χ3n) is 5.34. The second-order valence-electron chi connectivity index (χ2n) is 7.43. The van der Waals surface area contributed by atoms with Gasteiger partial charge in [0.05, 0.1) is 11.7 Å². The van der Waals surface area contributed by atoms with Crippen LogP contribution in [0.15, 0.2) is 55.0 Å². The van der Waals surface area contributed by atoms with Crippen LogP contribution in [0, 0.1) is 12.7 Å². The number of hydrogen-bond acceptors (Lipinski definition) is 4. The highest BCUT2D eigenvalue weighted by molar-refractivity contribution is 5.94. The topological polar surface area (TPSA) is 68.6 Å². The number of halogens is 1. The summed E-state index contributed by atoms with van der Waals surface area (Å²) >= 11 is 0. The summed E-state index contributed by atoms with van der Waals surface area (Å²) in [5, 5.41) is 12.9. The number of aromatic amines is 1. The van der Waals surface area contributed by atoms with Crippen LogP contribution in [-0.2, 0) is 7.05 Å². The van der Waals surface area contributed by atoms with Crippen LogP contribution in [0.3, 0.4) is 0 Å². The summed E-state index contributed by atoms with van der Waals surface area (Å²) in [6, 6.07) is 11.2. The Bertz CT molecular complexity index is 1390. The smallest absolute Gasteiger partial charge is 0.152 e. The monoisotopic (exact) mass is 401 g/mol. The summed E-state index contributed by atoms with van der Waals surface area (Å²) in [6.07, 6.45) is 5.03. The SMILES string of the molecule is Cc1ccc2ncccc2c1C(C)Oc1cc(F)c2[nH]nc(-c3cnn(C)c3)c2c1. The normalized spacial score (nSPS) is 12.5. The van der Waals surface area contributed by atoms with Gasteiger partial charge in [-0.15, -0.1) is 0 Å². The van der Waals surface area contributed by atoms with Gasteiger partial charge in [0.15, 0.2) is 5.82 Å². The number of aryl methyl sites for hydroxylation is 2. The van der Waals surface area contributed by atoms with E-state index in [1.807, 2.05) is 57.4 Å². The minimum Gasteiger partial charge on any atom is -0.486 e. The van der Waals surface area contributed by atoms with Crippen molar-refractivity contribution in [2.45, 2.75) is 20.0 Å². The van der Waals surface area contributed by atoms with Crippen molar-refractivity contribution in [1.29, 1.82) is 0 Å². The van der Waals surface area contributed by atoms with Crippen LogP contribution in [0.2, 0.25) is 0 Å². The van der Waals surface area contributed by atoms with Crippen molar-refractivity contribution in [2.75, 3.05) is 0 Å². The lowest BCUT2D eigenvalue weighted by Crippen LogP contribution is -2.06. The number of H-pyrrole nitrogens is 1. The number of benzene rings is 2. The van der Waals surface area contributed by atoms with Crippen molar-refractivity contribution in [2.24, 2.45) is 7.05 Å². The average Bonchev–Trinajstić information content (AvgIpc) is 3.34. The standard InChI is InChI=1S/C23H20FN5O/c1-13-6-7-20-17(5-4-8-25-20)21(13)14(2)30-16-9-18-22(15-11-26-29(3)12-15)27-28-23(18)19(24)10-16/h4-12,14H,1-3H3,(H,27,28). The van der Waals surface area contributed by atoms with Crippen molar-refractivity contribution in [3.8, 4) is 17.0 Å². The lowest BCUT2D eigenvalue weighted by molar-refractivity contribution is 0.227. The third kappa shape index (κ3) is 2.99. The molecule has 3 aromatic heterocycles. The fourth-order valence-electron chi connectivity index (χ4n) is 3.97. The molecule has 0 radical (unpaired) electrons. The van der Waals surface area contributed by atoms with E-state index in [9.17, 15) is 4.39 Å². The van der Waals surface area contributed by atoms with E-state index in [-0.39, 0.29) is 6.10 Å². The maximum atomic E-state index is 14.8. The molecule has 1 unspecified atom stereocenters. The molecule has 0 bridgehead atoms. The van der Waals surface area contributed by atoms with Crippen LogP contribution in [0.25, 0.3) is 33.1 Å². The van der Waals surface area contributed by atoms with Crippen molar-refractivity contribution in [3.05, 3.63) is 71.9 Å². The number of pyridine rings is 1. The molecule has 0 fully saturated rings. The fourth-order valence-corrected chi connectivity index (χ4v) is 3.97. The third-order valence-corrected chi connectivity index (χ3v) is 5.34. The Balaban J connectivity index is 1.57. The lowest BCUT2D eigenvalue weighted by atomic mass is 9.98. The molecule has 5 aromatic rings. The molecule has 2 aromatic carbocycles. The number of ether oxygens (including phenoxy) is 1. The van der Waals surface area contributed by atoms with Gasteiger partial charge in [0.2, 0.25) is 0 Å². The second-order valence-corrected chi connectivity index (χ2v) is 7.43. The molecule has 7 heteroatoms. The van der Waals surface area contributed by atoms with Crippen LogP contribution in [0.5, 0.6) is 5.75 Å². The van der Waals surface area contributed by atoms with E-state index in [0.29, 0.717) is 22.3 Å². The van der Waals surface area contributed by atoms with E-state index < -0.39 is 5.82 Å². The summed E-state index contributed by atoms with van der Waals surface area (Å²) in [4.78, 5) is 4.43. The highest BCUT2D eigenvalue weighted by atomic mass is 19.1. The molecule has 0 aliphatic carbocycles. The van der Waals surface area contributed by atoms with Crippen molar-refractivity contribution < 1.29 is 9.13 Å². The Morgan fingerprint density at radius 2 is 2.03 bits per heavy atom. The van der Waals surface area contributed by atoms with Crippen molar-refractivity contribution >= 4 is 21.8 Å². The van der Waals surface area contributed by atoms with Gasteiger partial charge >= 0.3 is 0 Å². The number of nitrogens with zero attached hydrogens (tertiary/aromatic N) is 4. The summed E-state index contributed by atoms with van der Waals surface area (Å²) < 4.78 is 22.7. The van der Waals surface area contributed by atoms with Gasteiger partial charge < -0.3 is 4.74 Å². The van der Waals surface area contributed by atoms with Crippen molar-refractivity contribution in [3.63, 3.8) is 0 Å². The van der Waals surface area contributed by atoms with Crippen LogP contribution >= 0.6 is 0 Å². The van der Waals surface area contributed by atoms with Crippen LogP contribution in [0.4, 0.5) is 4.39 Å². The fraction of sp³-hybridized carbons (Fsp3) is 0.174. The molecule has 0 saturated heterocycles. The van der Waals surface area contributed by atoms with Crippen LogP contribution in [-0.4, -0.2) is 25.0 Å². The molecule has 0 amide bonds.